The number of aromatic nitrogens is 1. The fourth-order valence-electron chi connectivity index (χ4n) is 3.23. The van der Waals surface area contributed by atoms with Crippen molar-refractivity contribution >= 4 is 5.69 Å². The Morgan fingerprint density at radius 3 is 2.90 bits per heavy atom. The minimum absolute atomic E-state index is 0.721. The number of ether oxygens (including phenoxy) is 1. The Morgan fingerprint density at radius 1 is 1.25 bits per heavy atom. The van der Waals surface area contributed by atoms with Crippen LogP contribution >= 0.6 is 0 Å². The lowest BCUT2D eigenvalue weighted by Crippen LogP contribution is -2.29. The van der Waals surface area contributed by atoms with Crippen molar-refractivity contribution in [1.29, 1.82) is 0 Å². The van der Waals surface area contributed by atoms with Crippen molar-refractivity contribution in [2.24, 2.45) is 5.92 Å². The monoisotopic (exact) mass is 266 g/mol. The van der Waals surface area contributed by atoms with Gasteiger partial charge in [-0.15, -0.1) is 0 Å². The van der Waals surface area contributed by atoms with Gasteiger partial charge in [-0.05, 0) is 42.2 Å². The van der Waals surface area contributed by atoms with E-state index >= 15 is 0 Å². The first-order valence-corrected chi connectivity index (χ1v) is 7.18. The molecule has 2 unspecified atom stereocenters. The summed E-state index contributed by atoms with van der Waals surface area (Å²) in [5, 5.41) is 0. The Labute approximate surface area is 119 Å². The molecule has 2 atom stereocenters. The van der Waals surface area contributed by atoms with Gasteiger partial charge in [0.25, 0.3) is 0 Å². The zero-order valence-corrected chi connectivity index (χ0v) is 11.6. The van der Waals surface area contributed by atoms with Crippen molar-refractivity contribution in [3.8, 4) is 5.75 Å². The molecule has 2 heterocycles. The molecule has 3 nitrogen and oxygen atoms in total. The van der Waals surface area contributed by atoms with Crippen LogP contribution in [-0.2, 0) is 6.54 Å². The molecule has 0 N–H and O–H groups in total. The van der Waals surface area contributed by atoms with Crippen LogP contribution in [0.5, 0.6) is 5.75 Å². The third kappa shape index (κ3) is 1.94. The molecule has 4 rings (SSSR count). The number of hydrogen-bond donors (Lipinski definition) is 0. The molecule has 20 heavy (non-hydrogen) atoms. The van der Waals surface area contributed by atoms with Crippen molar-refractivity contribution in [1.82, 2.24) is 4.98 Å². The van der Waals surface area contributed by atoms with Gasteiger partial charge in [-0.3, -0.25) is 4.98 Å². The highest BCUT2D eigenvalue weighted by atomic mass is 16.5. The summed E-state index contributed by atoms with van der Waals surface area (Å²) >= 11 is 0. The normalized spacial score (nSPS) is 22.9. The molecular formula is C17H18N2O. The van der Waals surface area contributed by atoms with E-state index in [4.69, 9.17) is 4.74 Å². The third-order valence-corrected chi connectivity index (χ3v) is 4.42. The molecule has 1 aromatic carbocycles. The molecule has 1 aromatic heterocycles. The van der Waals surface area contributed by atoms with E-state index in [0.717, 1.165) is 30.7 Å². The van der Waals surface area contributed by atoms with Crippen LogP contribution < -0.4 is 9.64 Å². The maximum atomic E-state index is 5.22. The van der Waals surface area contributed by atoms with Gasteiger partial charge in [0.05, 0.1) is 18.5 Å². The van der Waals surface area contributed by atoms with Crippen LogP contribution in [0.2, 0.25) is 0 Å². The second kappa shape index (κ2) is 4.51. The quantitative estimate of drug-likeness (QED) is 0.853. The standard InChI is InChI=1S/C17H18N2O/c1-20-14-6-4-12(5-7-14)10-19-11-13-9-15(13)17-16(19)3-2-8-18-17/h2-8,13,15H,9-11H2,1H3. The lowest BCUT2D eigenvalue weighted by atomic mass is 10.1. The topological polar surface area (TPSA) is 25.4 Å². The molecule has 2 aromatic rings. The molecule has 1 aliphatic heterocycles. The van der Waals surface area contributed by atoms with Crippen LogP contribution in [0, 0.1) is 5.92 Å². The Morgan fingerprint density at radius 2 is 2.10 bits per heavy atom. The summed E-state index contributed by atoms with van der Waals surface area (Å²) in [6.07, 6.45) is 3.23. The predicted octanol–water partition coefficient (Wildman–Crippen LogP) is 3.21. The van der Waals surface area contributed by atoms with Gasteiger partial charge in [-0.25, -0.2) is 0 Å². The van der Waals surface area contributed by atoms with E-state index in [9.17, 15) is 0 Å². The lowest BCUT2D eigenvalue weighted by Gasteiger charge is -2.30. The van der Waals surface area contributed by atoms with Crippen molar-refractivity contribution in [3.63, 3.8) is 0 Å². The molecule has 1 fully saturated rings. The summed E-state index contributed by atoms with van der Waals surface area (Å²) in [6.45, 7) is 2.11. The zero-order valence-electron chi connectivity index (χ0n) is 11.6. The molecule has 0 amide bonds. The number of anilines is 1. The first-order valence-electron chi connectivity index (χ1n) is 7.18. The van der Waals surface area contributed by atoms with Crippen molar-refractivity contribution in [2.75, 3.05) is 18.6 Å². The van der Waals surface area contributed by atoms with Gasteiger partial charge in [0, 0.05) is 25.2 Å². The molecular weight excluding hydrogens is 248 g/mol. The number of nitrogens with zero attached hydrogens (tertiary/aromatic N) is 2. The Kier molecular flexibility index (Phi) is 2.66. The van der Waals surface area contributed by atoms with Gasteiger partial charge in [0.15, 0.2) is 0 Å². The molecule has 0 saturated heterocycles. The predicted molar refractivity (Wildman–Crippen MR) is 79.1 cm³/mol. The third-order valence-electron chi connectivity index (χ3n) is 4.42. The number of benzene rings is 1. The minimum Gasteiger partial charge on any atom is -0.497 e. The second-order valence-electron chi connectivity index (χ2n) is 5.74. The average Bonchev–Trinajstić information content (AvgIpc) is 3.28. The van der Waals surface area contributed by atoms with Gasteiger partial charge >= 0.3 is 0 Å². The maximum absolute atomic E-state index is 5.22. The fourth-order valence-corrected chi connectivity index (χ4v) is 3.23. The van der Waals surface area contributed by atoms with Crippen molar-refractivity contribution in [2.45, 2.75) is 18.9 Å². The van der Waals surface area contributed by atoms with Crippen LogP contribution in [-0.4, -0.2) is 18.6 Å². The first-order chi connectivity index (χ1) is 9.85. The van der Waals surface area contributed by atoms with E-state index in [-0.39, 0.29) is 0 Å². The summed E-state index contributed by atoms with van der Waals surface area (Å²) < 4.78 is 5.22. The summed E-state index contributed by atoms with van der Waals surface area (Å²) in [4.78, 5) is 7.07. The maximum Gasteiger partial charge on any atom is 0.118 e. The molecule has 102 valence electrons. The van der Waals surface area contributed by atoms with Crippen LogP contribution in [0.1, 0.15) is 23.6 Å². The Bertz CT molecular complexity index is 623. The number of fused-ring (bicyclic) bond motifs is 3. The number of pyridine rings is 1. The van der Waals surface area contributed by atoms with Crippen molar-refractivity contribution < 1.29 is 4.74 Å². The Hall–Kier alpha value is -2.03. The summed E-state index contributed by atoms with van der Waals surface area (Å²) in [5.41, 5.74) is 3.94. The summed E-state index contributed by atoms with van der Waals surface area (Å²) in [5.74, 6) is 2.45. The number of methoxy groups -OCH3 is 1. The summed E-state index contributed by atoms with van der Waals surface area (Å²) in [6, 6.07) is 12.6. The molecule has 0 bridgehead atoms. The van der Waals surface area contributed by atoms with E-state index in [1.54, 1.807) is 7.11 Å². The van der Waals surface area contributed by atoms with Crippen LogP contribution in [0.3, 0.4) is 0 Å². The minimum atomic E-state index is 0.721. The molecule has 0 spiro atoms. The van der Waals surface area contributed by atoms with Gasteiger partial charge in [0.2, 0.25) is 0 Å². The van der Waals surface area contributed by atoms with Crippen LogP contribution in [0.15, 0.2) is 42.6 Å². The smallest absolute Gasteiger partial charge is 0.118 e. The van der Waals surface area contributed by atoms with E-state index in [0.29, 0.717) is 0 Å². The number of rotatable bonds is 3. The van der Waals surface area contributed by atoms with Gasteiger partial charge in [-0.2, -0.15) is 0 Å². The molecule has 2 aliphatic rings. The fraction of sp³-hybridized carbons (Fsp3) is 0.353. The highest BCUT2D eigenvalue weighted by Gasteiger charge is 2.45. The van der Waals surface area contributed by atoms with Gasteiger partial charge in [0.1, 0.15) is 5.75 Å². The second-order valence-corrected chi connectivity index (χ2v) is 5.74. The van der Waals surface area contributed by atoms with Crippen LogP contribution in [0.25, 0.3) is 0 Å². The first kappa shape index (κ1) is 11.8. The highest BCUT2D eigenvalue weighted by Crippen LogP contribution is 2.53. The Balaban J connectivity index is 1.60. The molecule has 1 saturated carbocycles. The average molecular weight is 266 g/mol. The zero-order chi connectivity index (χ0) is 13.5. The van der Waals surface area contributed by atoms with E-state index in [1.165, 1.54) is 23.4 Å². The molecule has 3 heteroatoms. The van der Waals surface area contributed by atoms with Gasteiger partial charge in [-0.1, -0.05) is 12.1 Å². The largest absolute Gasteiger partial charge is 0.497 e. The van der Waals surface area contributed by atoms with E-state index in [1.807, 2.05) is 24.4 Å². The molecule has 0 radical (unpaired) electrons. The SMILES string of the molecule is COc1ccc(CN2CC3CC3c3ncccc32)cc1. The van der Waals surface area contributed by atoms with Crippen LogP contribution in [0.4, 0.5) is 5.69 Å². The number of hydrogen-bond acceptors (Lipinski definition) is 3. The van der Waals surface area contributed by atoms with Crippen molar-refractivity contribution in [3.05, 3.63) is 53.9 Å². The summed E-state index contributed by atoms with van der Waals surface area (Å²) in [7, 11) is 1.70. The highest BCUT2D eigenvalue weighted by molar-refractivity contribution is 5.57. The molecule has 1 aliphatic carbocycles. The van der Waals surface area contributed by atoms with Gasteiger partial charge < -0.3 is 9.64 Å². The van der Waals surface area contributed by atoms with E-state index in [2.05, 4.69) is 28.1 Å². The lowest BCUT2D eigenvalue weighted by molar-refractivity contribution is 0.414. The van der Waals surface area contributed by atoms with E-state index < -0.39 is 0 Å².